The average molecular weight is 236 g/mol. The van der Waals surface area contributed by atoms with Gasteiger partial charge in [0.15, 0.2) is 5.13 Å². The van der Waals surface area contributed by atoms with E-state index in [9.17, 15) is 8.78 Å². The highest BCUT2D eigenvalue weighted by molar-refractivity contribution is 7.08. The highest BCUT2D eigenvalue weighted by Gasteiger charge is 2.16. The van der Waals surface area contributed by atoms with Crippen molar-refractivity contribution in [2.75, 3.05) is 5.73 Å². The number of nitrogen functional groups attached to an aromatic ring is 1. The molecule has 1 aromatic heterocycles. The van der Waals surface area contributed by atoms with Gasteiger partial charge in [-0.05, 0) is 18.2 Å². The molecule has 16 heavy (non-hydrogen) atoms. The number of rotatable bonds is 1. The van der Waals surface area contributed by atoms with Crippen molar-refractivity contribution in [2.45, 2.75) is 0 Å². The van der Waals surface area contributed by atoms with Crippen LogP contribution in [0.4, 0.5) is 14.5 Å². The highest BCUT2D eigenvalue weighted by Crippen LogP contribution is 2.34. The van der Waals surface area contributed by atoms with Crippen LogP contribution in [0.1, 0.15) is 5.56 Å². The summed E-state index contributed by atoms with van der Waals surface area (Å²) in [5.74, 6) is -0.663. The van der Waals surface area contributed by atoms with Crippen molar-refractivity contribution < 1.29 is 8.78 Å². The lowest BCUT2D eigenvalue weighted by atomic mass is 10.0. The molecule has 0 aliphatic heterocycles. The molecule has 0 bridgehead atoms. The van der Waals surface area contributed by atoms with Crippen LogP contribution in [-0.4, -0.2) is 0 Å². The average Bonchev–Trinajstić information content (AvgIpc) is 2.60. The number of nitriles is 1. The summed E-state index contributed by atoms with van der Waals surface area (Å²) < 4.78 is 26.7. The van der Waals surface area contributed by atoms with Crippen LogP contribution in [0.15, 0.2) is 23.6 Å². The second-order valence-electron chi connectivity index (χ2n) is 3.15. The van der Waals surface area contributed by atoms with E-state index in [1.165, 1.54) is 18.2 Å². The molecule has 0 unspecified atom stereocenters. The second-order valence-corrected chi connectivity index (χ2v) is 3.98. The summed E-state index contributed by atoms with van der Waals surface area (Å²) in [6.07, 6.45) is 0. The summed E-state index contributed by atoms with van der Waals surface area (Å²) >= 11 is 0.668. The van der Waals surface area contributed by atoms with Gasteiger partial charge in [-0.1, -0.05) is 0 Å². The fraction of sp³-hybridized carbons (Fsp3) is 0. The van der Waals surface area contributed by atoms with E-state index in [0.29, 0.717) is 16.9 Å². The maximum Gasteiger partial charge on any atom is 0.187 e. The predicted molar refractivity (Wildman–Crippen MR) is 58.8 cm³/mol. The van der Waals surface area contributed by atoms with E-state index in [0.717, 1.165) is 5.38 Å². The standard InChI is InChI=1S/C11H6F2N2S/c12-8-5-16-11(13)10(8)7-3-6(4-14)1-2-9(7)15/h1-3,5H,15H2. The van der Waals surface area contributed by atoms with Crippen molar-refractivity contribution in [1.82, 2.24) is 0 Å². The van der Waals surface area contributed by atoms with Crippen LogP contribution in [0.2, 0.25) is 0 Å². The number of anilines is 1. The first-order valence-electron chi connectivity index (χ1n) is 4.36. The number of hydrogen-bond donors (Lipinski definition) is 1. The van der Waals surface area contributed by atoms with Crippen LogP contribution in [0, 0.1) is 22.3 Å². The van der Waals surface area contributed by atoms with E-state index in [-0.39, 0.29) is 16.8 Å². The molecule has 2 rings (SSSR count). The van der Waals surface area contributed by atoms with Crippen molar-refractivity contribution in [1.29, 1.82) is 5.26 Å². The van der Waals surface area contributed by atoms with Crippen molar-refractivity contribution in [3.63, 3.8) is 0 Å². The van der Waals surface area contributed by atoms with Gasteiger partial charge < -0.3 is 5.73 Å². The molecule has 2 nitrogen and oxygen atoms in total. The smallest absolute Gasteiger partial charge is 0.187 e. The number of halogens is 2. The van der Waals surface area contributed by atoms with Crippen LogP contribution >= 0.6 is 11.3 Å². The van der Waals surface area contributed by atoms with Crippen LogP contribution in [0.5, 0.6) is 0 Å². The molecular weight excluding hydrogens is 230 g/mol. The zero-order chi connectivity index (χ0) is 11.7. The van der Waals surface area contributed by atoms with Gasteiger partial charge in [-0.25, -0.2) is 4.39 Å². The van der Waals surface area contributed by atoms with Crippen LogP contribution in [0.25, 0.3) is 11.1 Å². The second kappa shape index (κ2) is 3.91. The summed E-state index contributed by atoms with van der Waals surface area (Å²) in [5, 5.41) is 9.15. The van der Waals surface area contributed by atoms with Gasteiger partial charge in [0.1, 0.15) is 5.82 Å². The SMILES string of the molecule is N#Cc1ccc(N)c(-c2c(F)csc2F)c1. The van der Waals surface area contributed by atoms with E-state index in [2.05, 4.69) is 0 Å². The van der Waals surface area contributed by atoms with Gasteiger partial charge >= 0.3 is 0 Å². The summed E-state index contributed by atoms with van der Waals surface area (Å²) in [6.45, 7) is 0. The van der Waals surface area contributed by atoms with E-state index in [1.54, 1.807) is 0 Å². The largest absolute Gasteiger partial charge is 0.398 e. The minimum atomic E-state index is -0.663. The zero-order valence-corrected chi connectivity index (χ0v) is 8.81. The molecule has 0 fully saturated rings. The maximum atomic E-state index is 13.4. The minimum absolute atomic E-state index is 0.167. The van der Waals surface area contributed by atoms with Crippen molar-refractivity contribution >= 4 is 17.0 Å². The van der Waals surface area contributed by atoms with Gasteiger partial charge in [0.25, 0.3) is 0 Å². The van der Waals surface area contributed by atoms with Crippen LogP contribution in [0.3, 0.4) is 0 Å². The molecule has 0 amide bonds. The molecule has 0 saturated heterocycles. The zero-order valence-electron chi connectivity index (χ0n) is 8.00. The Labute approximate surface area is 94.6 Å². The van der Waals surface area contributed by atoms with Crippen molar-refractivity contribution in [3.8, 4) is 17.2 Å². The third-order valence-electron chi connectivity index (χ3n) is 2.15. The first-order valence-corrected chi connectivity index (χ1v) is 5.24. The fourth-order valence-electron chi connectivity index (χ4n) is 1.39. The minimum Gasteiger partial charge on any atom is -0.398 e. The van der Waals surface area contributed by atoms with Gasteiger partial charge in [0.2, 0.25) is 0 Å². The molecule has 0 radical (unpaired) electrons. The van der Waals surface area contributed by atoms with Crippen molar-refractivity contribution in [3.05, 3.63) is 40.1 Å². The summed E-state index contributed by atoms with van der Waals surface area (Å²) in [7, 11) is 0. The number of hydrogen-bond acceptors (Lipinski definition) is 3. The normalized spacial score (nSPS) is 10.1. The first-order chi connectivity index (χ1) is 7.63. The van der Waals surface area contributed by atoms with Gasteiger partial charge in [-0.3, -0.25) is 0 Å². The molecule has 2 N–H and O–H groups in total. The van der Waals surface area contributed by atoms with Crippen LogP contribution < -0.4 is 5.73 Å². The molecule has 0 saturated carbocycles. The summed E-state index contributed by atoms with van der Waals surface area (Å²) in [6, 6.07) is 6.24. The lowest BCUT2D eigenvalue weighted by Crippen LogP contribution is -1.92. The lowest BCUT2D eigenvalue weighted by Gasteiger charge is -2.04. The summed E-state index contributed by atoms with van der Waals surface area (Å²) in [4.78, 5) is 0. The quantitative estimate of drug-likeness (QED) is 0.773. The van der Waals surface area contributed by atoms with Crippen molar-refractivity contribution in [2.24, 2.45) is 0 Å². The molecule has 1 heterocycles. The Hall–Kier alpha value is -1.93. The van der Waals surface area contributed by atoms with E-state index >= 15 is 0 Å². The van der Waals surface area contributed by atoms with E-state index in [1.807, 2.05) is 6.07 Å². The lowest BCUT2D eigenvalue weighted by molar-refractivity contribution is 0.615. The third-order valence-corrected chi connectivity index (χ3v) is 2.89. The van der Waals surface area contributed by atoms with Gasteiger partial charge in [-0.2, -0.15) is 9.65 Å². The Kier molecular flexibility index (Phi) is 2.59. The Bertz CT molecular complexity index is 565. The molecule has 0 aliphatic rings. The number of thiophene rings is 1. The Morgan fingerprint density at radius 1 is 1.31 bits per heavy atom. The van der Waals surface area contributed by atoms with Crippen LogP contribution in [-0.2, 0) is 0 Å². The summed E-state index contributed by atoms with van der Waals surface area (Å²) in [5.41, 5.74) is 6.25. The van der Waals surface area contributed by atoms with Gasteiger partial charge in [0, 0.05) is 16.6 Å². The number of benzene rings is 1. The Morgan fingerprint density at radius 2 is 2.06 bits per heavy atom. The topological polar surface area (TPSA) is 49.8 Å². The fourth-order valence-corrected chi connectivity index (χ4v) is 2.04. The maximum absolute atomic E-state index is 13.4. The molecule has 80 valence electrons. The molecular formula is C11H6F2N2S. The van der Waals surface area contributed by atoms with E-state index < -0.39 is 10.9 Å². The van der Waals surface area contributed by atoms with Gasteiger partial charge in [-0.15, -0.1) is 11.3 Å². The number of nitrogens with zero attached hydrogens (tertiary/aromatic N) is 1. The third kappa shape index (κ3) is 1.64. The van der Waals surface area contributed by atoms with E-state index in [4.69, 9.17) is 11.0 Å². The molecule has 2 aromatic rings. The highest BCUT2D eigenvalue weighted by atomic mass is 32.1. The Morgan fingerprint density at radius 3 is 2.62 bits per heavy atom. The molecule has 5 heteroatoms. The first kappa shape index (κ1) is 10.6. The molecule has 1 aromatic carbocycles. The predicted octanol–water partition coefficient (Wildman–Crippen LogP) is 3.15. The Balaban J connectivity index is 2.69. The molecule has 0 aliphatic carbocycles. The molecule has 0 atom stereocenters. The molecule has 0 spiro atoms. The van der Waals surface area contributed by atoms with Gasteiger partial charge in [0.05, 0.1) is 17.2 Å². The monoisotopic (exact) mass is 236 g/mol. The number of nitrogens with two attached hydrogens (primary N) is 1.